The first-order valence-corrected chi connectivity index (χ1v) is 9.08. The first-order chi connectivity index (χ1) is 11.6. The minimum Gasteiger partial charge on any atom is -0.490 e. The van der Waals surface area contributed by atoms with Crippen molar-refractivity contribution >= 4 is 29.9 Å². The average Bonchev–Trinajstić information content (AvgIpc) is 2.56. The van der Waals surface area contributed by atoms with Crippen molar-refractivity contribution in [3.05, 3.63) is 22.7 Å². The fourth-order valence-electron chi connectivity index (χ4n) is 2.79. The smallest absolute Gasteiger partial charge is 0.254 e. The van der Waals surface area contributed by atoms with E-state index in [2.05, 4.69) is 6.92 Å². The number of hydrogen-bond donors (Lipinski definition) is 1. The van der Waals surface area contributed by atoms with E-state index >= 15 is 0 Å². The highest BCUT2D eigenvalue weighted by molar-refractivity contribution is 6.32. The van der Waals surface area contributed by atoms with E-state index in [4.69, 9.17) is 26.8 Å². The van der Waals surface area contributed by atoms with Gasteiger partial charge in [0.15, 0.2) is 11.5 Å². The van der Waals surface area contributed by atoms with Crippen molar-refractivity contribution in [2.75, 3.05) is 26.3 Å². The molecule has 1 amide bonds. The molecule has 1 fully saturated rings. The number of ether oxygens (including phenoxy) is 2. The molecule has 7 heteroatoms. The van der Waals surface area contributed by atoms with Crippen LogP contribution in [-0.2, 0) is 0 Å². The van der Waals surface area contributed by atoms with E-state index < -0.39 is 0 Å². The van der Waals surface area contributed by atoms with Gasteiger partial charge in [-0.15, -0.1) is 12.4 Å². The summed E-state index contributed by atoms with van der Waals surface area (Å²) in [6.07, 6.45) is 3.86. The summed E-state index contributed by atoms with van der Waals surface area (Å²) in [6.45, 7) is 6.34. The third-order valence-corrected chi connectivity index (χ3v) is 4.33. The molecule has 0 bridgehead atoms. The van der Waals surface area contributed by atoms with E-state index in [1.165, 1.54) is 0 Å². The summed E-state index contributed by atoms with van der Waals surface area (Å²) in [5.41, 5.74) is 6.49. The lowest BCUT2D eigenvalue weighted by Gasteiger charge is -2.31. The number of nitrogens with zero attached hydrogens (tertiary/aromatic N) is 1. The van der Waals surface area contributed by atoms with Gasteiger partial charge in [0.2, 0.25) is 0 Å². The first-order valence-electron chi connectivity index (χ1n) is 8.70. The first kappa shape index (κ1) is 21.9. The zero-order valence-corrected chi connectivity index (χ0v) is 16.5. The maximum Gasteiger partial charge on any atom is 0.254 e. The highest BCUT2D eigenvalue weighted by Crippen LogP contribution is 2.37. The highest BCUT2D eigenvalue weighted by atomic mass is 35.5. The molecule has 5 nitrogen and oxygen atoms in total. The predicted molar refractivity (Wildman–Crippen MR) is 103 cm³/mol. The van der Waals surface area contributed by atoms with Crippen LogP contribution in [0.25, 0.3) is 0 Å². The van der Waals surface area contributed by atoms with Gasteiger partial charge >= 0.3 is 0 Å². The van der Waals surface area contributed by atoms with Gasteiger partial charge in [-0.05, 0) is 38.3 Å². The zero-order valence-electron chi connectivity index (χ0n) is 14.9. The minimum absolute atomic E-state index is 0. The Morgan fingerprint density at radius 2 is 2.12 bits per heavy atom. The number of piperidine rings is 1. The highest BCUT2D eigenvalue weighted by Gasteiger charge is 2.24. The molecular weight excluding hydrogens is 363 g/mol. The Morgan fingerprint density at radius 3 is 2.76 bits per heavy atom. The van der Waals surface area contributed by atoms with Gasteiger partial charge in [-0.25, -0.2) is 0 Å². The number of nitrogens with two attached hydrogens (primary N) is 1. The Bertz CT molecular complexity index is 569. The third-order valence-electron chi connectivity index (χ3n) is 4.05. The average molecular weight is 391 g/mol. The molecule has 0 aromatic heterocycles. The maximum absolute atomic E-state index is 12.7. The quantitative estimate of drug-likeness (QED) is 0.716. The molecule has 1 aliphatic rings. The molecule has 1 atom stereocenters. The fraction of sp³-hybridized carbons (Fsp3) is 0.611. The Balaban J connectivity index is 0.00000312. The van der Waals surface area contributed by atoms with Crippen LogP contribution in [0.1, 0.15) is 49.9 Å². The number of benzene rings is 1. The number of carbonyl (C=O) groups is 1. The van der Waals surface area contributed by atoms with E-state index in [1.54, 1.807) is 17.0 Å². The number of halogens is 2. The Morgan fingerprint density at radius 1 is 1.36 bits per heavy atom. The van der Waals surface area contributed by atoms with Crippen LogP contribution >= 0.6 is 24.0 Å². The molecule has 0 saturated carbocycles. The number of rotatable bonds is 7. The molecule has 1 saturated heterocycles. The number of amides is 1. The van der Waals surface area contributed by atoms with Crippen molar-refractivity contribution in [1.29, 1.82) is 0 Å². The summed E-state index contributed by atoms with van der Waals surface area (Å²) < 4.78 is 11.4. The van der Waals surface area contributed by atoms with Crippen LogP contribution in [0, 0.1) is 0 Å². The van der Waals surface area contributed by atoms with E-state index in [0.29, 0.717) is 41.8 Å². The summed E-state index contributed by atoms with van der Waals surface area (Å²) in [7, 11) is 0. The number of unbranched alkanes of at least 4 members (excludes halogenated alkanes) is 1. The van der Waals surface area contributed by atoms with Crippen molar-refractivity contribution in [1.82, 2.24) is 4.90 Å². The standard InChI is InChI=1S/C18H27ClN2O3.ClH/c1-3-5-9-24-17-15(19)10-13(11-16(17)23-4-2)18(22)21-8-6-7-14(20)12-21;/h10-11,14H,3-9,12,20H2,1-2H3;1H. The molecule has 0 aliphatic carbocycles. The molecule has 0 radical (unpaired) electrons. The Hall–Kier alpha value is -1.17. The van der Waals surface area contributed by atoms with Gasteiger partial charge < -0.3 is 20.1 Å². The molecule has 0 spiro atoms. The molecule has 1 heterocycles. The molecule has 1 aromatic rings. The molecule has 1 unspecified atom stereocenters. The molecule has 2 rings (SSSR count). The Kier molecular flexibility index (Phi) is 9.39. The van der Waals surface area contributed by atoms with Gasteiger partial charge in [0.05, 0.1) is 18.2 Å². The van der Waals surface area contributed by atoms with E-state index in [-0.39, 0.29) is 24.4 Å². The molecule has 1 aliphatic heterocycles. The summed E-state index contributed by atoms with van der Waals surface area (Å²) in [5.74, 6) is 0.970. The lowest BCUT2D eigenvalue weighted by Crippen LogP contribution is -2.45. The molecule has 2 N–H and O–H groups in total. The van der Waals surface area contributed by atoms with Crippen molar-refractivity contribution in [2.45, 2.75) is 45.6 Å². The lowest BCUT2D eigenvalue weighted by atomic mass is 10.1. The van der Waals surface area contributed by atoms with Crippen molar-refractivity contribution in [2.24, 2.45) is 5.73 Å². The third kappa shape index (κ3) is 5.94. The van der Waals surface area contributed by atoms with Crippen LogP contribution < -0.4 is 15.2 Å². The van der Waals surface area contributed by atoms with E-state index in [1.807, 2.05) is 6.92 Å². The van der Waals surface area contributed by atoms with Crippen molar-refractivity contribution in [3.8, 4) is 11.5 Å². The van der Waals surface area contributed by atoms with Crippen LogP contribution in [0.5, 0.6) is 11.5 Å². The Labute approximate surface area is 161 Å². The van der Waals surface area contributed by atoms with Gasteiger partial charge in [0.1, 0.15) is 0 Å². The van der Waals surface area contributed by atoms with Crippen LogP contribution in [0.2, 0.25) is 5.02 Å². The predicted octanol–water partition coefficient (Wildman–Crippen LogP) is 3.90. The van der Waals surface area contributed by atoms with Gasteiger partial charge in [0, 0.05) is 24.7 Å². The number of hydrogen-bond acceptors (Lipinski definition) is 4. The zero-order chi connectivity index (χ0) is 17.5. The molecule has 142 valence electrons. The molecular formula is C18H28Cl2N2O3. The summed E-state index contributed by atoms with van der Waals surface area (Å²) in [6, 6.07) is 3.42. The second-order valence-corrected chi connectivity index (χ2v) is 6.48. The van der Waals surface area contributed by atoms with Crippen molar-refractivity contribution < 1.29 is 14.3 Å². The molecule has 25 heavy (non-hydrogen) atoms. The SMILES string of the molecule is CCCCOc1c(Cl)cc(C(=O)N2CCCC(N)C2)cc1OCC.Cl. The molecule has 1 aromatic carbocycles. The van der Waals surface area contributed by atoms with Crippen LogP contribution in [-0.4, -0.2) is 43.2 Å². The summed E-state index contributed by atoms with van der Waals surface area (Å²) in [4.78, 5) is 14.5. The second kappa shape index (κ2) is 10.7. The van der Waals surface area contributed by atoms with Crippen LogP contribution in [0.3, 0.4) is 0 Å². The fourth-order valence-corrected chi connectivity index (χ4v) is 3.06. The maximum atomic E-state index is 12.7. The van der Waals surface area contributed by atoms with Gasteiger partial charge in [0.25, 0.3) is 5.91 Å². The summed E-state index contributed by atoms with van der Waals surface area (Å²) in [5, 5.41) is 0.404. The van der Waals surface area contributed by atoms with Crippen molar-refractivity contribution in [3.63, 3.8) is 0 Å². The topological polar surface area (TPSA) is 64.8 Å². The van der Waals surface area contributed by atoms with E-state index in [0.717, 1.165) is 32.2 Å². The largest absolute Gasteiger partial charge is 0.490 e. The monoisotopic (exact) mass is 390 g/mol. The minimum atomic E-state index is -0.0619. The van der Waals surface area contributed by atoms with Gasteiger partial charge in [-0.3, -0.25) is 4.79 Å². The number of likely N-dealkylation sites (tertiary alicyclic amines) is 1. The summed E-state index contributed by atoms with van der Waals surface area (Å²) >= 11 is 6.36. The normalized spacial score (nSPS) is 17.0. The van der Waals surface area contributed by atoms with Gasteiger partial charge in [-0.1, -0.05) is 24.9 Å². The van der Waals surface area contributed by atoms with E-state index in [9.17, 15) is 4.79 Å². The number of carbonyl (C=O) groups excluding carboxylic acids is 1. The van der Waals surface area contributed by atoms with Crippen LogP contribution in [0.4, 0.5) is 0 Å². The lowest BCUT2D eigenvalue weighted by molar-refractivity contribution is 0.0708. The van der Waals surface area contributed by atoms with Crippen LogP contribution in [0.15, 0.2) is 12.1 Å². The van der Waals surface area contributed by atoms with Gasteiger partial charge in [-0.2, -0.15) is 0 Å². The second-order valence-electron chi connectivity index (χ2n) is 6.07.